The minimum absolute atomic E-state index is 0.0816. The van der Waals surface area contributed by atoms with Gasteiger partial charge in [0.05, 0.1) is 13.2 Å². The molecular formula is C5H10O4. The van der Waals surface area contributed by atoms with Gasteiger partial charge in [-0.15, -0.1) is 0 Å². The molecule has 1 aliphatic heterocycles. The molecule has 0 aromatic rings. The first-order valence-electron chi connectivity index (χ1n) is 2.85. The number of epoxide rings is 1. The number of rotatable bonds is 3. The van der Waals surface area contributed by atoms with E-state index in [1.54, 1.807) is 0 Å². The third-order valence-electron chi connectivity index (χ3n) is 1.37. The molecule has 4 nitrogen and oxygen atoms in total. The van der Waals surface area contributed by atoms with E-state index in [9.17, 15) is 0 Å². The van der Waals surface area contributed by atoms with Crippen LogP contribution >= 0.6 is 0 Å². The van der Waals surface area contributed by atoms with Gasteiger partial charge in [-0.1, -0.05) is 0 Å². The molecule has 3 unspecified atom stereocenters. The average Bonchev–Trinajstić information content (AvgIpc) is 2.64. The fourth-order valence-electron chi connectivity index (χ4n) is 0.746. The van der Waals surface area contributed by atoms with Gasteiger partial charge in [0.25, 0.3) is 0 Å². The molecule has 1 fully saturated rings. The van der Waals surface area contributed by atoms with Gasteiger partial charge in [0.1, 0.15) is 18.3 Å². The van der Waals surface area contributed by atoms with Gasteiger partial charge in [-0.25, -0.2) is 0 Å². The minimum atomic E-state index is -0.831. The second kappa shape index (κ2) is 2.62. The van der Waals surface area contributed by atoms with Crippen LogP contribution in [-0.4, -0.2) is 46.8 Å². The van der Waals surface area contributed by atoms with Crippen molar-refractivity contribution < 1.29 is 20.1 Å². The lowest BCUT2D eigenvalue weighted by Gasteiger charge is -1.99. The zero-order valence-corrected chi connectivity index (χ0v) is 4.90. The van der Waals surface area contributed by atoms with Crippen LogP contribution in [0.2, 0.25) is 0 Å². The Balaban J connectivity index is 2.17. The molecule has 3 atom stereocenters. The number of aliphatic hydroxyl groups is 3. The van der Waals surface area contributed by atoms with E-state index in [0.717, 1.165) is 0 Å². The molecule has 0 aromatic heterocycles. The first-order valence-corrected chi connectivity index (χ1v) is 2.85. The third kappa shape index (κ3) is 1.40. The van der Waals surface area contributed by atoms with Gasteiger partial charge in [0, 0.05) is 0 Å². The topological polar surface area (TPSA) is 73.2 Å². The lowest BCUT2D eigenvalue weighted by molar-refractivity contribution is 0.0706. The quantitative estimate of drug-likeness (QED) is 0.394. The Morgan fingerprint density at radius 1 is 1.44 bits per heavy atom. The van der Waals surface area contributed by atoms with Crippen molar-refractivity contribution in [3.63, 3.8) is 0 Å². The molecule has 0 aliphatic carbocycles. The van der Waals surface area contributed by atoms with Crippen molar-refractivity contribution in [2.75, 3.05) is 13.2 Å². The van der Waals surface area contributed by atoms with Crippen LogP contribution in [0.3, 0.4) is 0 Å². The summed E-state index contributed by atoms with van der Waals surface area (Å²) in [6, 6.07) is 0. The van der Waals surface area contributed by atoms with Crippen molar-refractivity contribution in [3.8, 4) is 0 Å². The molecule has 1 heterocycles. The molecule has 0 amide bonds. The Labute approximate surface area is 52.7 Å². The van der Waals surface area contributed by atoms with Crippen LogP contribution in [0, 0.1) is 0 Å². The van der Waals surface area contributed by atoms with Crippen molar-refractivity contribution in [1.29, 1.82) is 0 Å². The molecule has 3 N–H and O–H groups in total. The minimum Gasteiger partial charge on any atom is -0.394 e. The van der Waals surface area contributed by atoms with Crippen LogP contribution in [0.15, 0.2) is 0 Å². The van der Waals surface area contributed by atoms with Crippen molar-refractivity contribution in [2.24, 2.45) is 0 Å². The van der Waals surface area contributed by atoms with Crippen LogP contribution in [0.25, 0.3) is 0 Å². The van der Waals surface area contributed by atoms with Crippen molar-refractivity contribution >= 4 is 0 Å². The summed E-state index contributed by atoms with van der Waals surface area (Å²) < 4.78 is 4.76. The maximum atomic E-state index is 8.81. The van der Waals surface area contributed by atoms with Crippen LogP contribution < -0.4 is 0 Å². The van der Waals surface area contributed by atoms with E-state index in [4.69, 9.17) is 20.1 Å². The smallest absolute Gasteiger partial charge is 0.115 e. The lowest BCUT2D eigenvalue weighted by Crippen LogP contribution is -2.21. The summed E-state index contributed by atoms with van der Waals surface area (Å²) in [6.07, 6.45) is -1.44. The molecule has 0 radical (unpaired) electrons. The molecule has 9 heavy (non-hydrogen) atoms. The largest absolute Gasteiger partial charge is 0.394 e. The summed E-state index contributed by atoms with van der Waals surface area (Å²) in [5.74, 6) is 0. The lowest BCUT2D eigenvalue weighted by atomic mass is 10.2. The molecule has 0 bridgehead atoms. The van der Waals surface area contributed by atoms with E-state index in [0.29, 0.717) is 0 Å². The summed E-state index contributed by atoms with van der Waals surface area (Å²) in [7, 11) is 0. The van der Waals surface area contributed by atoms with Gasteiger partial charge in [0.2, 0.25) is 0 Å². The summed E-state index contributed by atoms with van der Waals surface area (Å²) in [4.78, 5) is 0. The molecule has 1 saturated heterocycles. The molecule has 54 valence electrons. The van der Waals surface area contributed by atoms with E-state index in [1.807, 2.05) is 0 Å². The van der Waals surface area contributed by atoms with Gasteiger partial charge in [0.15, 0.2) is 0 Å². The predicted octanol–water partition coefficient (Wildman–Crippen LogP) is -1.90. The number of hydrogen-bond donors (Lipinski definition) is 3. The van der Waals surface area contributed by atoms with Gasteiger partial charge in [-0.3, -0.25) is 0 Å². The van der Waals surface area contributed by atoms with Crippen molar-refractivity contribution in [1.82, 2.24) is 0 Å². The first kappa shape index (κ1) is 6.95. The average molecular weight is 134 g/mol. The molecule has 1 rings (SSSR count). The highest BCUT2D eigenvalue weighted by Gasteiger charge is 2.43. The Morgan fingerprint density at radius 2 is 2.11 bits per heavy atom. The summed E-state index contributed by atoms with van der Waals surface area (Å²) >= 11 is 0. The van der Waals surface area contributed by atoms with E-state index in [-0.39, 0.29) is 25.4 Å². The maximum absolute atomic E-state index is 8.81. The molecule has 0 aromatic carbocycles. The summed E-state index contributed by atoms with van der Waals surface area (Å²) in [5, 5.41) is 25.6. The molecule has 4 heteroatoms. The van der Waals surface area contributed by atoms with Gasteiger partial charge in [-0.05, 0) is 0 Å². The monoisotopic (exact) mass is 134 g/mol. The Kier molecular flexibility index (Phi) is 2.02. The maximum Gasteiger partial charge on any atom is 0.115 e. The third-order valence-corrected chi connectivity index (χ3v) is 1.37. The highest BCUT2D eigenvalue weighted by Crippen LogP contribution is 2.24. The van der Waals surface area contributed by atoms with Crippen LogP contribution in [0.4, 0.5) is 0 Å². The van der Waals surface area contributed by atoms with Gasteiger partial charge in [-0.2, -0.15) is 0 Å². The Morgan fingerprint density at radius 3 is 2.44 bits per heavy atom. The Bertz CT molecular complexity index is 95.0. The second-order valence-corrected chi connectivity index (χ2v) is 2.07. The number of aliphatic hydroxyl groups excluding tert-OH is 3. The first-order chi connectivity index (χ1) is 4.29. The molecule has 0 spiro atoms. The van der Waals surface area contributed by atoms with E-state index >= 15 is 0 Å². The zero-order chi connectivity index (χ0) is 6.85. The second-order valence-electron chi connectivity index (χ2n) is 2.07. The van der Waals surface area contributed by atoms with Crippen LogP contribution in [-0.2, 0) is 4.74 Å². The normalized spacial score (nSPS) is 36.3. The van der Waals surface area contributed by atoms with Gasteiger partial charge < -0.3 is 20.1 Å². The van der Waals surface area contributed by atoms with E-state index in [2.05, 4.69) is 0 Å². The van der Waals surface area contributed by atoms with Crippen molar-refractivity contribution in [2.45, 2.75) is 18.3 Å². The highest BCUT2D eigenvalue weighted by molar-refractivity contribution is 4.89. The zero-order valence-electron chi connectivity index (χ0n) is 4.90. The standard InChI is InChI=1S/C5H10O4/c6-1-3(8)5-4(2-7)9-5/h3-8H,1-2H2. The van der Waals surface area contributed by atoms with Crippen LogP contribution in [0.1, 0.15) is 0 Å². The number of ether oxygens (including phenoxy) is 1. The van der Waals surface area contributed by atoms with E-state index < -0.39 is 6.10 Å². The van der Waals surface area contributed by atoms with Crippen molar-refractivity contribution in [3.05, 3.63) is 0 Å². The SMILES string of the molecule is OCC(O)C1OC1CO. The fourth-order valence-corrected chi connectivity index (χ4v) is 0.746. The fraction of sp³-hybridized carbons (Fsp3) is 1.00. The summed E-state index contributed by atoms with van der Waals surface area (Å²) in [5.41, 5.74) is 0. The van der Waals surface area contributed by atoms with Gasteiger partial charge >= 0.3 is 0 Å². The number of hydrogen-bond acceptors (Lipinski definition) is 4. The summed E-state index contributed by atoms with van der Waals surface area (Å²) in [6.45, 7) is -0.386. The highest BCUT2D eigenvalue weighted by atomic mass is 16.6. The molecule has 1 aliphatic rings. The van der Waals surface area contributed by atoms with Crippen LogP contribution in [0.5, 0.6) is 0 Å². The van der Waals surface area contributed by atoms with E-state index in [1.165, 1.54) is 0 Å². The Hall–Kier alpha value is -0.160. The molecular weight excluding hydrogens is 124 g/mol. The predicted molar refractivity (Wildman–Crippen MR) is 28.8 cm³/mol. The molecule has 0 saturated carbocycles.